The molecule has 2 aromatic carbocycles. The predicted octanol–water partition coefficient (Wildman–Crippen LogP) is 5.09. The molecule has 3 aromatic rings. The number of halogens is 2. The summed E-state index contributed by atoms with van der Waals surface area (Å²) in [6, 6.07) is 10.3. The fourth-order valence-electron chi connectivity index (χ4n) is 4.39. The number of carbonyl (C=O) groups excluding carboxylic acids is 1. The highest BCUT2D eigenvalue weighted by atomic mass is 19.3. The van der Waals surface area contributed by atoms with E-state index in [4.69, 9.17) is 9.72 Å². The lowest BCUT2D eigenvalue weighted by molar-refractivity contribution is -0.0507. The first-order chi connectivity index (χ1) is 14.0. The van der Waals surface area contributed by atoms with Crippen molar-refractivity contribution in [3.05, 3.63) is 58.9 Å². The fourth-order valence-corrected chi connectivity index (χ4v) is 4.39. The molecule has 0 aliphatic carbocycles. The fraction of sp³-hybridized carbons (Fsp3) is 0.364. The third kappa shape index (κ3) is 2.87. The first-order valence-corrected chi connectivity index (χ1v) is 9.79. The van der Waals surface area contributed by atoms with E-state index in [0.717, 1.165) is 22.4 Å². The van der Waals surface area contributed by atoms with Crippen LogP contribution < -0.4 is 4.74 Å². The lowest BCUT2D eigenvalue weighted by atomic mass is 9.97. The second kappa shape index (κ2) is 7.13. The van der Waals surface area contributed by atoms with Crippen molar-refractivity contribution in [3.63, 3.8) is 0 Å². The number of aromatic nitrogens is 2. The average molecular weight is 399 g/mol. The molecule has 29 heavy (non-hydrogen) atoms. The molecule has 152 valence electrons. The Bertz CT molecular complexity index is 1090. The number of carbonyl (C=O) groups is 1. The van der Waals surface area contributed by atoms with E-state index in [9.17, 15) is 13.6 Å². The van der Waals surface area contributed by atoms with Crippen LogP contribution in [0.2, 0.25) is 0 Å². The minimum Gasteiger partial charge on any atom is -0.434 e. The summed E-state index contributed by atoms with van der Waals surface area (Å²) in [5, 5.41) is 0. The smallest absolute Gasteiger partial charge is 0.387 e. The van der Waals surface area contributed by atoms with Crippen LogP contribution in [0.15, 0.2) is 36.4 Å². The van der Waals surface area contributed by atoms with Gasteiger partial charge < -0.3 is 14.2 Å². The summed E-state index contributed by atoms with van der Waals surface area (Å²) >= 11 is 0. The van der Waals surface area contributed by atoms with Crippen LogP contribution in [0.5, 0.6) is 5.75 Å². The van der Waals surface area contributed by atoms with E-state index in [2.05, 4.69) is 4.57 Å². The van der Waals surface area contributed by atoms with Gasteiger partial charge in [0.15, 0.2) is 0 Å². The second-order valence-electron chi connectivity index (χ2n) is 7.11. The molecule has 0 N–H and O–H groups in total. The minimum atomic E-state index is -2.95. The van der Waals surface area contributed by atoms with Crippen molar-refractivity contribution in [2.24, 2.45) is 0 Å². The topological polar surface area (TPSA) is 47.4 Å². The van der Waals surface area contributed by atoms with Crippen molar-refractivity contribution in [3.8, 4) is 5.75 Å². The summed E-state index contributed by atoms with van der Waals surface area (Å²) in [7, 11) is 1.74. The summed E-state index contributed by atoms with van der Waals surface area (Å²) in [4.78, 5) is 19.4. The van der Waals surface area contributed by atoms with Crippen molar-refractivity contribution in [2.75, 3.05) is 7.05 Å². The van der Waals surface area contributed by atoms with Crippen LogP contribution in [0.25, 0.3) is 11.0 Å². The van der Waals surface area contributed by atoms with Gasteiger partial charge in [0, 0.05) is 24.6 Å². The molecular formula is C22H23F2N3O2. The molecule has 1 amide bonds. The lowest BCUT2D eigenvalue weighted by Gasteiger charge is -2.24. The van der Waals surface area contributed by atoms with Crippen LogP contribution in [-0.2, 0) is 0 Å². The Morgan fingerprint density at radius 3 is 2.66 bits per heavy atom. The first kappa shape index (κ1) is 19.4. The molecule has 0 spiro atoms. The van der Waals surface area contributed by atoms with Crippen LogP contribution in [0.1, 0.15) is 59.7 Å². The van der Waals surface area contributed by atoms with Gasteiger partial charge in [-0.05, 0) is 36.8 Å². The second-order valence-corrected chi connectivity index (χ2v) is 7.11. The van der Waals surface area contributed by atoms with Crippen molar-refractivity contribution in [1.82, 2.24) is 14.5 Å². The quantitative estimate of drug-likeness (QED) is 0.603. The van der Waals surface area contributed by atoms with E-state index in [-0.39, 0.29) is 23.7 Å². The van der Waals surface area contributed by atoms with Gasteiger partial charge in [-0.1, -0.05) is 26.0 Å². The molecule has 3 heterocycles. The summed E-state index contributed by atoms with van der Waals surface area (Å²) in [6.07, 6.45) is 0.588. The van der Waals surface area contributed by atoms with Crippen LogP contribution in [-0.4, -0.2) is 34.0 Å². The molecule has 1 unspecified atom stereocenters. The zero-order valence-electron chi connectivity index (χ0n) is 16.8. The standard InChI is InChI=1S/C20H17F2N3O2.C2H6/c1-10-6-7-12-13(8-10)25-14-9-15(18(25)23-12)24(2)19(26)11-4-3-5-16(17(11)14)27-20(21)22;1-2/h3-8,14-15,20H,9H2,1-2H3;1-2H3/t14-,15?;/m1./s1. The minimum absolute atomic E-state index is 0.0530. The molecule has 2 atom stereocenters. The molecule has 2 aliphatic rings. The summed E-state index contributed by atoms with van der Waals surface area (Å²) in [5.74, 6) is 0.637. The number of hydrogen-bond donors (Lipinski definition) is 0. The maximum absolute atomic E-state index is 13.0. The number of imidazole rings is 1. The van der Waals surface area contributed by atoms with E-state index >= 15 is 0 Å². The predicted molar refractivity (Wildman–Crippen MR) is 106 cm³/mol. The Morgan fingerprint density at radius 2 is 1.93 bits per heavy atom. The summed E-state index contributed by atoms with van der Waals surface area (Å²) < 4.78 is 32.9. The Hall–Kier alpha value is -2.96. The highest BCUT2D eigenvalue weighted by Crippen LogP contribution is 2.49. The van der Waals surface area contributed by atoms with E-state index < -0.39 is 6.61 Å². The summed E-state index contributed by atoms with van der Waals surface area (Å²) in [5.41, 5.74) is 3.78. The first-order valence-electron chi connectivity index (χ1n) is 9.79. The maximum atomic E-state index is 13.0. The third-order valence-corrected chi connectivity index (χ3v) is 5.56. The van der Waals surface area contributed by atoms with E-state index in [0.29, 0.717) is 17.5 Å². The highest BCUT2D eigenvalue weighted by Gasteiger charge is 2.44. The van der Waals surface area contributed by atoms with Crippen molar-refractivity contribution in [2.45, 2.75) is 45.9 Å². The number of amides is 1. The Balaban J connectivity index is 0.000000994. The highest BCUT2D eigenvalue weighted by molar-refractivity contribution is 5.97. The maximum Gasteiger partial charge on any atom is 0.387 e. The number of aryl methyl sites for hydroxylation is 1. The van der Waals surface area contributed by atoms with Crippen LogP contribution in [0.3, 0.4) is 0 Å². The van der Waals surface area contributed by atoms with Crippen LogP contribution in [0, 0.1) is 6.92 Å². The van der Waals surface area contributed by atoms with Crippen LogP contribution in [0.4, 0.5) is 8.78 Å². The average Bonchev–Trinajstić information content (AvgIpc) is 3.22. The van der Waals surface area contributed by atoms with Crippen LogP contribution >= 0.6 is 0 Å². The molecule has 2 aliphatic heterocycles. The number of hydrogen-bond acceptors (Lipinski definition) is 3. The zero-order chi connectivity index (χ0) is 20.9. The molecule has 5 rings (SSSR count). The van der Waals surface area contributed by atoms with Gasteiger partial charge in [-0.15, -0.1) is 0 Å². The van der Waals surface area contributed by atoms with Gasteiger partial charge in [0.2, 0.25) is 0 Å². The molecule has 0 fully saturated rings. The van der Waals surface area contributed by atoms with Gasteiger partial charge in [0.25, 0.3) is 5.91 Å². The summed E-state index contributed by atoms with van der Waals surface area (Å²) in [6.45, 7) is 3.05. The zero-order valence-corrected chi connectivity index (χ0v) is 16.8. The van der Waals surface area contributed by atoms with Crippen molar-refractivity contribution in [1.29, 1.82) is 0 Å². The Morgan fingerprint density at radius 1 is 1.17 bits per heavy atom. The SMILES string of the molecule is CC.Cc1ccc2nc3n(c2c1)[C@@H]1CC3N(C)C(=O)c2cccc(OC(F)F)c21. The van der Waals surface area contributed by atoms with E-state index in [1.165, 1.54) is 6.07 Å². The van der Waals surface area contributed by atoms with Crippen molar-refractivity contribution < 1.29 is 18.3 Å². The number of benzene rings is 2. The molecule has 1 aromatic heterocycles. The molecule has 7 heteroatoms. The number of rotatable bonds is 2. The van der Waals surface area contributed by atoms with Gasteiger partial charge in [-0.2, -0.15) is 8.78 Å². The number of fused-ring (bicyclic) bond motifs is 9. The normalized spacial score (nSPS) is 19.6. The van der Waals surface area contributed by atoms with E-state index in [1.807, 2.05) is 39.0 Å². The molecule has 0 saturated carbocycles. The van der Waals surface area contributed by atoms with Gasteiger partial charge >= 0.3 is 6.61 Å². The third-order valence-electron chi connectivity index (χ3n) is 5.56. The number of nitrogens with zero attached hydrogens (tertiary/aromatic N) is 3. The van der Waals surface area contributed by atoms with Gasteiger partial charge in [0.1, 0.15) is 11.6 Å². The van der Waals surface area contributed by atoms with E-state index in [1.54, 1.807) is 24.1 Å². The number of alkyl halides is 2. The molecule has 2 bridgehead atoms. The molecule has 0 radical (unpaired) electrons. The monoisotopic (exact) mass is 399 g/mol. The lowest BCUT2D eigenvalue weighted by Crippen LogP contribution is -2.30. The Kier molecular flexibility index (Phi) is 4.76. The largest absolute Gasteiger partial charge is 0.434 e. The van der Waals surface area contributed by atoms with Gasteiger partial charge in [-0.3, -0.25) is 4.79 Å². The molecule has 0 saturated heterocycles. The Labute approximate surface area is 167 Å². The van der Waals surface area contributed by atoms with Crippen molar-refractivity contribution >= 4 is 16.9 Å². The van der Waals surface area contributed by atoms with Gasteiger partial charge in [0.05, 0.1) is 23.1 Å². The van der Waals surface area contributed by atoms with Gasteiger partial charge in [-0.25, -0.2) is 4.98 Å². The molecular weight excluding hydrogens is 376 g/mol. The number of ether oxygens (including phenoxy) is 1. The molecule has 5 nitrogen and oxygen atoms in total.